The quantitative estimate of drug-likeness (QED) is 0.726. The molecule has 0 fully saturated rings. The minimum Gasteiger partial charge on any atom is -0.294 e. The number of nitrogens with zero attached hydrogens (tertiary/aromatic N) is 2. The van der Waals surface area contributed by atoms with Crippen LogP contribution in [0, 0.1) is 5.82 Å². The lowest BCUT2D eigenvalue weighted by Crippen LogP contribution is -2.10. The van der Waals surface area contributed by atoms with Crippen LogP contribution in [0.25, 0.3) is 0 Å². The van der Waals surface area contributed by atoms with Crippen LogP contribution < -0.4 is 0 Å². The first-order valence-corrected chi connectivity index (χ1v) is 7.87. The third kappa shape index (κ3) is 3.35. The molecule has 2 aromatic rings. The fourth-order valence-electron chi connectivity index (χ4n) is 2.11. The van der Waals surface area contributed by atoms with Gasteiger partial charge in [0.05, 0.1) is 27.3 Å². The summed E-state index contributed by atoms with van der Waals surface area (Å²) in [5.74, 6) is -0.747. The number of Topliss-reactive ketones (excluding diaryl/α,β-unsaturated/α-hetero) is 1. The van der Waals surface area contributed by atoms with Gasteiger partial charge in [0.15, 0.2) is 5.78 Å². The van der Waals surface area contributed by atoms with Gasteiger partial charge < -0.3 is 0 Å². The second kappa shape index (κ2) is 6.71. The molecule has 2 rings (SSSR count). The second-order valence-corrected chi connectivity index (χ2v) is 5.81. The van der Waals surface area contributed by atoms with Crippen molar-refractivity contribution in [1.82, 2.24) is 9.78 Å². The van der Waals surface area contributed by atoms with E-state index in [0.717, 1.165) is 22.3 Å². The van der Waals surface area contributed by atoms with E-state index in [1.165, 1.54) is 18.2 Å². The lowest BCUT2D eigenvalue weighted by atomic mass is 10.1. The topological polar surface area (TPSA) is 34.9 Å². The van der Waals surface area contributed by atoms with Crippen LogP contribution in [0.5, 0.6) is 0 Å². The Morgan fingerprint density at radius 1 is 1.43 bits per heavy atom. The molecule has 0 aliphatic heterocycles. The Labute approximate surface area is 136 Å². The number of halogens is 3. The van der Waals surface area contributed by atoms with Crippen LogP contribution in [-0.2, 0) is 19.4 Å². The average Bonchev–Trinajstić information content (AvgIpc) is 2.78. The van der Waals surface area contributed by atoms with E-state index in [2.05, 4.69) is 21.0 Å². The minimum atomic E-state index is -0.583. The van der Waals surface area contributed by atoms with Crippen LogP contribution >= 0.6 is 27.5 Å². The van der Waals surface area contributed by atoms with Crippen LogP contribution in [0.2, 0.25) is 5.02 Å². The van der Waals surface area contributed by atoms with Crippen molar-refractivity contribution in [2.75, 3.05) is 0 Å². The van der Waals surface area contributed by atoms with Gasteiger partial charge in [0.2, 0.25) is 0 Å². The zero-order valence-electron chi connectivity index (χ0n) is 11.8. The van der Waals surface area contributed by atoms with E-state index in [9.17, 15) is 9.18 Å². The first kappa shape index (κ1) is 16.2. The number of rotatable bonds is 5. The second-order valence-electron chi connectivity index (χ2n) is 4.61. The number of carbonyl (C=O) groups excluding carboxylic acids is 1. The largest absolute Gasteiger partial charge is 0.294 e. The summed E-state index contributed by atoms with van der Waals surface area (Å²) in [4.78, 5) is 12.3. The predicted molar refractivity (Wildman–Crippen MR) is 84.4 cm³/mol. The highest BCUT2D eigenvalue weighted by Gasteiger charge is 2.18. The van der Waals surface area contributed by atoms with Crippen molar-refractivity contribution in [3.05, 3.63) is 50.5 Å². The zero-order valence-corrected chi connectivity index (χ0v) is 14.1. The molecule has 6 heteroatoms. The normalized spacial score (nSPS) is 10.9. The highest BCUT2D eigenvalue weighted by molar-refractivity contribution is 9.10. The Balaban J connectivity index is 2.31. The number of hydrogen-bond acceptors (Lipinski definition) is 2. The van der Waals surface area contributed by atoms with Gasteiger partial charge in [-0.1, -0.05) is 18.5 Å². The van der Waals surface area contributed by atoms with E-state index in [4.69, 9.17) is 11.6 Å². The van der Waals surface area contributed by atoms with Crippen LogP contribution in [-0.4, -0.2) is 15.6 Å². The standard InChI is InChI=1S/C15H15BrClFN2O/c1-3-12-15(16)13(20(4-2)19-12)8-14(21)9-5-6-10(17)11(18)7-9/h5-7H,3-4,8H2,1-2H3. The van der Waals surface area contributed by atoms with Gasteiger partial charge in [-0.2, -0.15) is 5.10 Å². The Kier molecular flexibility index (Phi) is 5.17. The molecular weight excluding hydrogens is 359 g/mol. The van der Waals surface area contributed by atoms with Crippen molar-refractivity contribution in [2.24, 2.45) is 0 Å². The zero-order chi connectivity index (χ0) is 15.6. The van der Waals surface area contributed by atoms with Crippen LogP contribution in [0.1, 0.15) is 35.6 Å². The summed E-state index contributed by atoms with van der Waals surface area (Å²) in [5, 5.41) is 4.46. The number of hydrogen-bond donors (Lipinski definition) is 0. The fraction of sp³-hybridized carbons (Fsp3) is 0.333. The maximum atomic E-state index is 13.5. The van der Waals surface area contributed by atoms with Crippen molar-refractivity contribution in [3.63, 3.8) is 0 Å². The molecule has 0 unspecified atom stereocenters. The van der Waals surface area contributed by atoms with Gasteiger partial charge in [-0.15, -0.1) is 0 Å². The molecule has 0 saturated carbocycles. The number of benzene rings is 1. The lowest BCUT2D eigenvalue weighted by molar-refractivity contribution is 0.0990. The monoisotopic (exact) mass is 372 g/mol. The van der Waals surface area contributed by atoms with Gasteiger partial charge in [0.25, 0.3) is 0 Å². The van der Waals surface area contributed by atoms with E-state index in [1.54, 1.807) is 4.68 Å². The first-order valence-electron chi connectivity index (χ1n) is 6.70. The molecule has 1 aromatic heterocycles. The maximum absolute atomic E-state index is 13.5. The number of carbonyl (C=O) groups is 1. The highest BCUT2D eigenvalue weighted by atomic mass is 79.9. The molecule has 0 bridgehead atoms. The van der Waals surface area contributed by atoms with Gasteiger partial charge in [-0.05, 0) is 47.5 Å². The van der Waals surface area contributed by atoms with Crippen molar-refractivity contribution in [2.45, 2.75) is 33.2 Å². The van der Waals surface area contributed by atoms with Crippen molar-refractivity contribution in [3.8, 4) is 0 Å². The minimum absolute atomic E-state index is 0.0135. The van der Waals surface area contributed by atoms with E-state index in [0.29, 0.717) is 12.1 Å². The third-order valence-electron chi connectivity index (χ3n) is 3.26. The molecular formula is C15H15BrClFN2O. The Hall–Kier alpha value is -1.20. The van der Waals surface area contributed by atoms with E-state index < -0.39 is 5.82 Å². The predicted octanol–water partition coefficient (Wildman–Crippen LogP) is 4.45. The summed E-state index contributed by atoms with van der Waals surface area (Å²) in [7, 11) is 0. The first-order chi connectivity index (χ1) is 9.97. The molecule has 0 aliphatic rings. The van der Waals surface area contributed by atoms with Crippen LogP contribution in [0.15, 0.2) is 22.7 Å². The van der Waals surface area contributed by atoms with Crippen LogP contribution in [0.4, 0.5) is 4.39 Å². The van der Waals surface area contributed by atoms with E-state index >= 15 is 0 Å². The highest BCUT2D eigenvalue weighted by Crippen LogP contribution is 2.24. The summed E-state index contributed by atoms with van der Waals surface area (Å²) >= 11 is 9.13. The SMILES string of the molecule is CCc1nn(CC)c(CC(=O)c2ccc(Cl)c(F)c2)c1Br. The Bertz CT molecular complexity index is 685. The Morgan fingerprint density at radius 3 is 2.71 bits per heavy atom. The molecule has 0 saturated heterocycles. The summed E-state index contributed by atoms with van der Waals surface area (Å²) in [6.07, 6.45) is 0.951. The molecule has 0 aliphatic carbocycles. The average molecular weight is 374 g/mol. The van der Waals surface area contributed by atoms with Gasteiger partial charge in [0, 0.05) is 12.1 Å². The molecule has 0 spiro atoms. The van der Waals surface area contributed by atoms with E-state index in [-0.39, 0.29) is 17.2 Å². The maximum Gasteiger partial charge on any atom is 0.168 e. The summed E-state index contributed by atoms with van der Waals surface area (Å²) in [6.45, 7) is 4.65. The van der Waals surface area contributed by atoms with Gasteiger partial charge >= 0.3 is 0 Å². The number of aromatic nitrogens is 2. The molecule has 1 aromatic carbocycles. The molecule has 0 amide bonds. The molecule has 0 atom stereocenters. The summed E-state index contributed by atoms with van der Waals surface area (Å²) in [6, 6.07) is 4.11. The fourth-order valence-corrected chi connectivity index (χ4v) is 2.93. The number of aryl methyl sites for hydroxylation is 2. The van der Waals surface area contributed by atoms with E-state index in [1.807, 2.05) is 13.8 Å². The van der Waals surface area contributed by atoms with Gasteiger partial charge in [-0.25, -0.2) is 4.39 Å². The Morgan fingerprint density at radius 2 is 2.14 bits per heavy atom. The van der Waals surface area contributed by atoms with Crippen LogP contribution in [0.3, 0.4) is 0 Å². The van der Waals surface area contributed by atoms with Crippen molar-refractivity contribution in [1.29, 1.82) is 0 Å². The van der Waals surface area contributed by atoms with Gasteiger partial charge in [0.1, 0.15) is 5.82 Å². The van der Waals surface area contributed by atoms with Gasteiger partial charge in [-0.3, -0.25) is 9.48 Å². The summed E-state index contributed by atoms with van der Waals surface area (Å²) in [5.41, 5.74) is 2.04. The molecule has 0 radical (unpaired) electrons. The molecule has 3 nitrogen and oxygen atoms in total. The molecule has 112 valence electrons. The smallest absolute Gasteiger partial charge is 0.168 e. The third-order valence-corrected chi connectivity index (χ3v) is 4.49. The molecule has 21 heavy (non-hydrogen) atoms. The molecule has 0 N–H and O–H groups in total. The lowest BCUT2D eigenvalue weighted by Gasteiger charge is -2.06. The number of ketones is 1. The van der Waals surface area contributed by atoms with Crippen molar-refractivity contribution >= 4 is 33.3 Å². The molecule has 1 heterocycles. The summed E-state index contributed by atoms with van der Waals surface area (Å²) < 4.78 is 16.1. The van der Waals surface area contributed by atoms with Crippen molar-refractivity contribution < 1.29 is 9.18 Å².